The first kappa shape index (κ1) is 27.9. The van der Waals surface area contributed by atoms with Gasteiger partial charge in [0, 0.05) is 0 Å². The highest BCUT2D eigenvalue weighted by Gasteiger charge is 2.41. The van der Waals surface area contributed by atoms with E-state index in [1.807, 2.05) is 0 Å². The van der Waals surface area contributed by atoms with Crippen LogP contribution in [0.2, 0.25) is 0 Å². The van der Waals surface area contributed by atoms with Crippen LogP contribution in [0.15, 0.2) is 0 Å². The van der Waals surface area contributed by atoms with Gasteiger partial charge < -0.3 is 20.4 Å². The average Bonchev–Trinajstić information content (AvgIpc) is 2.70. The van der Waals surface area contributed by atoms with Crippen molar-refractivity contribution in [1.29, 1.82) is 0 Å². The number of carboxylic acids is 2. The molecule has 0 radical (unpaired) electrons. The monoisotopic (exact) mass is 416 g/mol. The molecule has 1 atom stereocenters. The molecule has 1 unspecified atom stereocenters. The molecule has 0 saturated heterocycles. The van der Waals surface area contributed by atoms with Gasteiger partial charge >= 0.3 is 11.9 Å². The Labute approximate surface area is 176 Å². The van der Waals surface area contributed by atoms with E-state index in [-0.39, 0.29) is 6.42 Å². The first-order valence-electron chi connectivity index (χ1n) is 11.6. The van der Waals surface area contributed by atoms with Gasteiger partial charge in [0.1, 0.15) is 5.41 Å². The predicted octanol–water partition coefficient (Wildman–Crippen LogP) is 5.00. The number of hydrogen-bond acceptors (Lipinski definition) is 4. The van der Waals surface area contributed by atoms with Gasteiger partial charge in [0.25, 0.3) is 0 Å². The number of hydrogen-bond donors (Lipinski definition) is 4. The minimum Gasteiger partial charge on any atom is -0.481 e. The standard InChI is InChI=1S/C23H44O6/c1-2-3-4-5-6-7-8-9-10-11-12-13-14-15-16-20(21(26)27)17-23(18-24,19-25)22(28)29/h20,24-25H,2-19H2,1H3,(H,26,27)(H,28,29). The van der Waals surface area contributed by atoms with E-state index in [0.29, 0.717) is 6.42 Å². The van der Waals surface area contributed by atoms with Gasteiger partial charge in [-0.15, -0.1) is 0 Å². The first-order valence-corrected chi connectivity index (χ1v) is 11.6. The highest BCUT2D eigenvalue weighted by molar-refractivity contribution is 5.77. The second kappa shape index (κ2) is 17.7. The third-order valence-corrected chi connectivity index (χ3v) is 5.95. The van der Waals surface area contributed by atoms with Gasteiger partial charge in [-0.2, -0.15) is 0 Å². The molecule has 0 heterocycles. The van der Waals surface area contributed by atoms with E-state index in [1.54, 1.807) is 0 Å². The summed E-state index contributed by atoms with van der Waals surface area (Å²) in [6, 6.07) is 0. The zero-order chi connectivity index (χ0) is 22.0. The zero-order valence-electron chi connectivity index (χ0n) is 18.4. The predicted molar refractivity (Wildman–Crippen MR) is 115 cm³/mol. The molecule has 6 heteroatoms. The molecule has 0 bridgehead atoms. The van der Waals surface area contributed by atoms with Crippen molar-refractivity contribution in [3.63, 3.8) is 0 Å². The lowest BCUT2D eigenvalue weighted by molar-refractivity contribution is -0.158. The van der Waals surface area contributed by atoms with Crippen molar-refractivity contribution in [2.24, 2.45) is 11.3 Å². The Hall–Kier alpha value is -1.14. The van der Waals surface area contributed by atoms with E-state index in [2.05, 4.69) is 6.92 Å². The van der Waals surface area contributed by atoms with Crippen LogP contribution in [0.1, 0.15) is 110 Å². The molecule has 0 rings (SSSR count). The highest BCUT2D eigenvalue weighted by atomic mass is 16.4. The highest BCUT2D eigenvalue weighted by Crippen LogP contribution is 2.29. The summed E-state index contributed by atoms with van der Waals surface area (Å²) in [4.78, 5) is 22.8. The molecule has 0 aliphatic rings. The second-order valence-corrected chi connectivity index (χ2v) is 8.53. The van der Waals surface area contributed by atoms with Crippen LogP contribution in [0.4, 0.5) is 0 Å². The van der Waals surface area contributed by atoms with Crippen molar-refractivity contribution in [1.82, 2.24) is 0 Å². The second-order valence-electron chi connectivity index (χ2n) is 8.53. The van der Waals surface area contributed by atoms with E-state index in [0.717, 1.165) is 25.7 Å². The van der Waals surface area contributed by atoms with E-state index >= 15 is 0 Å². The van der Waals surface area contributed by atoms with Crippen molar-refractivity contribution in [2.45, 2.75) is 110 Å². The quantitative estimate of drug-likeness (QED) is 0.196. The molecular formula is C23H44O6. The molecule has 0 aromatic carbocycles. The summed E-state index contributed by atoms with van der Waals surface area (Å²) in [5, 5.41) is 37.3. The van der Waals surface area contributed by atoms with Gasteiger partial charge in [-0.25, -0.2) is 0 Å². The summed E-state index contributed by atoms with van der Waals surface area (Å²) in [5.41, 5.74) is -1.78. The van der Waals surface area contributed by atoms with Gasteiger partial charge in [-0.05, 0) is 12.8 Å². The third-order valence-electron chi connectivity index (χ3n) is 5.95. The van der Waals surface area contributed by atoms with Gasteiger partial charge in [-0.1, -0.05) is 96.8 Å². The maximum atomic E-state index is 11.4. The molecule has 0 amide bonds. The Morgan fingerprint density at radius 2 is 1.07 bits per heavy atom. The van der Waals surface area contributed by atoms with Crippen LogP contribution in [0.3, 0.4) is 0 Å². The minimum absolute atomic E-state index is 0.247. The smallest absolute Gasteiger partial charge is 0.314 e. The number of carbonyl (C=O) groups is 2. The molecule has 0 aromatic rings. The topological polar surface area (TPSA) is 115 Å². The number of rotatable bonds is 21. The zero-order valence-corrected chi connectivity index (χ0v) is 18.4. The van der Waals surface area contributed by atoms with Crippen LogP contribution in [-0.2, 0) is 9.59 Å². The van der Waals surface area contributed by atoms with Gasteiger partial charge in [0.15, 0.2) is 0 Å². The average molecular weight is 417 g/mol. The van der Waals surface area contributed by atoms with E-state index in [4.69, 9.17) is 0 Å². The summed E-state index contributed by atoms with van der Waals surface area (Å²) in [6.07, 6.45) is 17.2. The van der Waals surface area contributed by atoms with Crippen LogP contribution in [0, 0.1) is 11.3 Å². The van der Waals surface area contributed by atoms with Crippen LogP contribution < -0.4 is 0 Å². The summed E-state index contributed by atoms with van der Waals surface area (Å²) in [5.74, 6) is -3.27. The molecule has 0 aliphatic heterocycles. The molecule has 172 valence electrons. The van der Waals surface area contributed by atoms with Crippen molar-refractivity contribution in [3.05, 3.63) is 0 Å². The number of aliphatic hydroxyl groups excluding tert-OH is 2. The fraction of sp³-hybridized carbons (Fsp3) is 0.913. The van der Waals surface area contributed by atoms with E-state index in [9.17, 15) is 30.0 Å². The Kier molecular flexibility index (Phi) is 17.0. The van der Waals surface area contributed by atoms with Crippen LogP contribution in [0.5, 0.6) is 0 Å². The van der Waals surface area contributed by atoms with Crippen molar-refractivity contribution in [3.8, 4) is 0 Å². The van der Waals surface area contributed by atoms with Crippen LogP contribution in [-0.4, -0.2) is 45.6 Å². The molecule has 0 aromatic heterocycles. The minimum atomic E-state index is -1.78. The van der Waals surface area contributed by atoms with Crippen molar-refractivity contribution in [2.75, 3.05) is 13.2 Å². The lowest BCUT2D eigenvalue weighted by Gasteiger charge is -2.27. The SMILES string of the molecule is CCCCCCCCCCCCCCCCC(CC(CO)(CO)C(=O)O)C(=O)O. The van der Waals surface area contributed by atoms with E-state index in [1.165, 1.54) is 64.2 Å². The fourth-order valence-corrected chi connectivity index (χ4v) is 3.77. The summed E-state index contributed by atoms with van der Waals surface area (Å²) in [7, 11) is 0. The Bertz CT molecular complexity index is 420. The molecular weight excluding hydrogens is 372 g/mol. The number of aliphatic carboxylic acids is 2. The number of aliphatic hydroxyl groups is 2. The molecule has 29 heavy (non-hydrogen) atoms. The molecule has 0 spiro atoms. The number of unbranched alkanes of at least 4 members (excludes halogenated alkanes) is 13. The summed E-state index contributed by atoms with van der Waals surface area (Å²) < 4.78 is 0. The Morgan fingerprint density at radius 3 is 1.38 bits per heavy atom. The molecule has 6 nitrogen and oxygen atoms in total. The van der Waals surface area contributed by atoms with Crippen molar-refractivity contribution < 1.29 is 30.0 Å². The molecule has 4 N–H and O–H groups in total. The maximum absolute atomic E-state index is 11.4. The summed E-state index contributed by atoms with van der Waals surface area (Å²) in [6.45, 7) is 0.714. The first-order chi connectivity index (χ1) is 13.9. The Balaban J connectivity index is 3.80. The van der Waals surface area contributed by atoms with Crippen LogP contribution >= 0.6 is 0 Å². The number of carboxylic acid groups (broad SMARTS) is 2. The summed E-state index contributed by atoms with van der Waals surface area (Å²) >= 11 is 0. The fourth-order valence-electron chi connectivity index (χ4n) is 3.77. The van der Waals surface area contributed by atoms with Gasteiger partial charge in [0.2, 0.25) is 0 Å². The van der Waals surface area contributed by atoms with Gasteiger partial charge in [0.05, 0.1) is 19.1 Å². The lowest BCUT2D eigenvalue weighted by Crippen LogP contribution is -2.41. The van der Waals surface area contributed by atoms with E-state index < -0.39 is 36.5 Å². The van der Waals surface area contributed by atoms with Crippen molar-refractivity contribution >= 4 is 11.9 Å². The molecule has 0 fully saturated rings. The largest absolute Gasteiger partial charge is 0.481 e. The van der Waals surface area contributed by atoms with Crippen LogP contribution in [0.25, 0.3) is 0 Å². The normalized spacial score (nSPS) is 12.8. The maximum Gasteiger partial charge on any atom is 0.314 e. The van der Waals surface area contributed by atoms with Gasteiger partial charge in [-0.3, -0.25) is 9.59 Å². The Morgan fingerprint density at radius 1 is 0.690 bits per heavy atom. The third kappa shape index (κ3) is 12.9. The molecule has 0 aliphatic carbocycles. The molecule has 0 saturated carbocycles. The lowest BCUT2D eigenvalue weighted by atomic mass is 9.78.